The van der Waals surface area contributed by atoms with E-state index in [9.17, 15) is 0 Å². The van der Waals surface area contributed by atoms with Crippen molar-refractivity contribution in [1.82, 2.24) is 8.75 Å². The van der Waals surface area contributed by atoms with Gasteiger partial charge in [-0.15, -0.1) is 0 Å². The molecule has 5 heteroatoms. The molecule has 1 aliphatic carbocycles. The first kappa shape index (κ1) is 22.5. The first-order valence-electron chi connectivity index (χ1n) is 13.3. The van der Waals surface area contributed by atoms with Crippen LogP contribution in [-0.2, 0) is 5.41 Å². The number of benzene rings is 3. The quantitative estimate of drug-likeness (QED) is 0.288. The molecule has 0 spiro atoms. The van der Waals surface area contributed by atoms with Crippen LogP contribution in [0.2, 0.25) is 0 Å². The molecule has 0 unspecified atom stereocenters. The number of rotatable bonds is 7. The molecule has 0 atom stereocenters. The molecule has 35 heavy (non-hydrogen) atoms. The summed E-state index contributed by atoms with van der Waals surface area (Å²) in [4.78, 5) is 2.48. The van der Waals surface area contributed by atoms with Gasteiger partial charge in [0.25, 0.3) is 0 Å². The molecule has 0 radical (unpaired) electrons. The van der Waals surface area contributed by atoms with E-state index in [1.807, 2.05) is 0 Å². The lowest BCUT2D eigenvalue weighted by Gasteiger charge is -2.32. The number of nitrogens with one attached hydrogen (secondary N) is 1. The van der Waals surface area contributed by atoms with Crippen molar-refractivity contribution >= 4 is 39.8 Å². The zero-order valence-electron chi connectivity index (χ0n) is 20.8. The van der Waals surface area contributed by atoms with E-state index in [0.29, 0.717) is 0 Å². The molecule has 1 N–H and O–H groups in total. The SMILES string of the molecule is CCCC1(CCC)c2ccccc2-c2ccc(Nc3ccc(N4CCCCC4)c4nsnc34)cc21. The van der Waals surface area contributed by atoms with Gasteiger partial charge in [0.05, 0.1) is 23.1 Å². The second kappa shape index (κ2) is 9.27. The molecule has 0 saturated carbocycles. The number of piperidine rings is 1. The summed E-state index contributed by atoms with van der Waals surface area (Å²) in [6, 6.07) is 20.4. The maximum atomic E-state index is 4.70. The largest absolute Gasteiger partial charge is 0.370 e. The van der Waals surface area contributed by atoms with Crippen molar-refractivity contribution in [3.05, 3.63) is 65.7 Å². The Balaban J connectivity index is 1.39. The second-order valence-corrected chi connectivity index (χ2v) is 10.7. The normalized spacial score (nSPS) is 16.3. The third-order valence-corrected chi connectivity index (χ3v) is 8.52. The Morgan fingerprint density at radius 1 is 0.829 bits per heavy atom. The molecule has 180 valence electrons. The van der Waals surface area contributed by atoms with Gasteiger partial charge in [-0.1, -0.05) is 57.0 Å². The molecule has 1 fully saturated rings. The first-order valence-corrected chi connectivity index (χ1v) is 14.0. The molecular weight excluding hydrogens is 448 g/mol. The highest BCUT2D eigenvalue weighted by Gasteiger charge is 2.41. The van der Waals surface area contributed by atoms with E-state index < -0.39 is 0 Å². The van der Waals surface area contributed by atoms with Gasteiger partial charge in [0, 0.05) is 24.2 Å². The maximum Gasteiger partial charge on any atom is 0.130 e. The van der Waals surface area contributed by atoms with E-state index in [4.69, 9.17) is 8.75 Å². The number of hydrogen-bond acceptors (Lipinski definition) is 5. The van der Waals surface area contributed by atoms with Gasteiger partial charge in [-0.25, -0.2) is 0 Å². The van der Waals surface area contributed by atoms with E-state index in [-0.39, 0.29) is 5.41 Å². The summed E-state index contributed by atoms with van der Waals surface area (Å²) in [5.41, 5.74) is 11.3. The van der Waals surface area contributed by atoms with Crippen LogP contribution in [0.3, 0.4) is 0 Å². The van der Waals surface area contributed by atoms with Crippen LogP contribution in [0, 0.1) is 0 Å². The smallest absolute Gasteiger partial charge is 0.130 e. The summed E-state index contributed by atoms with van der Waals surface area (Å²) < 4.78 is 9.41. The van der Waals surface area contributed by atoms with Crippen molar-refractivity contribution in [2.45, 2.75) is 64.2 Å². The van der Waals surface area contributed by atoms with Gasteiger partial charge in [-0.2, -0.15) is 8.75 Å². The topological polar surface area (TPSA) is 41.0 Å². The molecule has 1 aliphatic heterocycles. The molecule has 2 heterocycles. The third-order valence-electron chi connectivity index (χ3n) is 7.99. The van der Waals surface area contributed by atoms with Crippen molar-refractivity contribution in [2.75, 3.05) is 23.3 Å². The summed E-state index contributed by atoms with van der Waals surface area (Å²) in [5, 5.41) is 3.73. The van der Waals surface area contributed by atoms with E-state index in [1.54, 1.807) is 0 Å². The Bertz CT molecular complexity index is 1350. The number of nitrogens with zero attached hydrogens (tertiary/aromatic N) is 3. The van der Waals surface area contributed by atoms with Crippen molar-refractivity contribution < 1.29 is 0 Å². The summed E-state index contributed by atoms with van der Waals surface area (Å²) in [6.45, 7) is 6.86. The van der Waals surface area contributed by atoms with Crippen LogP contribution in [-0.4, -0.2) is 21.8 Å². The maximum absolute atomic E-state index is 4.70. The minimum atomic E-state index is 0.0999. The lowest BCUT2D eigenvalue weighted by Crippen LogP contribution is -2.29. The highest BCUT2D eigenvalue weighted by Crippen LogP contribution is 2.54. The van der Waals surface area contributed by atoms with Gasteiger partial charge in [0.2, 0.25) is 0 Å². The van der Waals surface area contributed by atoms with Crippen LogP contribution >= 0.6 is 11.7 Å². The Hall–Kier alpha value is -2.92. The van der Waals surface area contributed by atoms with Gasteiger partial charge < -0.3 is 10.2 Å². The van der Waals surface area contributed by atoms with Gasteiger partial charge in [-0.3, -0.25) is 0 Å². The predicted octanol–water partition coefficient (Wildman–Crippen LogP) is 8.29. The molecule has 2 aliphatic rings. The fraction of sp³-hybridized carbons (Fsp3) is 0.400. The Morgan fingerprint density at radius 3 is 2.37 bits per heavy atom. The third kappa shape index (κ3) is 3.72. The minimum absolute atomic E-state index is 0.0999. The summed E-state index contributed by atoms with van der Waals surface area (Å²) in [5.74, 6) is 0. The Labute approximate surface area is 212 Å². The molecule has 0 bridgehead atoms. The lowest BCUT2D eigenvalue weighted by atomic mass is 9.71. The predicted molar refractivity (Wildman–Crippen MR) is 149 cm³/mol. The molecule has 0 amide bonds. The zero-order chi connectivity index (χ0) is 23.8. The van der Waals surface area contributed by atoms with Crippen LogP contribution in [0.5, 0.6) is 0 Å². The number of aromatic nitrogens is 2. The Morgan fingerprint density at radius 2 is 1.57 bits per heavy atom. The van der Waals surface area contributed by atoms with Gasteiger partial charge >= 0.3 is 0 Å². The average Bonchev–Trinajstić information content (AvgIpc) is 3.48. The fourth-order valence-electron chi connectivity index (χ4n) is 6.55. The molecule has 4 nitrogen and oxygen atoms in total. The van der Waals surface area contributed by atoms with Gasteiger partial charge in [-0.05, 0) is 78.6 Å². The van der Waals surface area contributed by atoms with Crippen molar-refractivity contribution in [3.63, 3.8) is 0 Å². The van der Waals surface area contributed by atoms with Gasteiger partial charge in [0.15, 0.2) is 0 Å². The van der Waals surface area contributed by atoms with Crippen LogP contribution in [0.4, 0.5) is 17.1 Å². The second-order valence-electron chi connectivity index (χ2n) is 10.2. The first-order chi connectivity index (χ1) is 17.2. The Kier molecular flexibility index (Phi) is 5.97. The molecule has 3 aromatic carbocycles. The van der Waals surface area contributed by atoms with Crippen LogP contribution in [0.1, 0.15) is 69.9 Å². The van der Waals surface area contributed by atoms with E-state index >= 15 is 0 Å². The lowest BCUT2D eigenvalue weighted by molar-refractivity contribution is 0.436. The van der Waals surface area contributed by atoms with E-state index in [1.165, 1.54) is 84.6 Å². The van der Waals surface area contributed by atoms with Crippen LogP contribution < -0.4 is 10.2 Å². The number of anilines is 3. The highest BCUT2D eigenvalue weighted by molar-refractivity contribution is 7.00. The van der Waals surface area contributed by atoms with Crippen LogP contribution in [0.15, 0.2) is 54.6 Å². The molecule has 6 rings (SSSR count). The van der Waals surface area contributed by atoms with E-state index in [0.717, 1.165) is 35.5 Å². The molecule has 1 aromatic heterocycles. The summed E-state index contributed by atoms with van der Waals surface area (Å²) in [7, 11) is 0. The summed E-state index contributed by atoms with van der Waals surface area (Å²) in [6.07, 6.45) is 8.55. The van der Waals surface area contributed by atoms with E-state index in [2.05, 4.69) is 78.7 Å². The molecule has 1 saturated heterocycles. The molecule has 4 aromatic rings. The van der Waals surface area contributed by atoms with Crippen molar-refractivity contribution in [1.29, 1.82) is 0 Å². The standard InChI is InChI=1S/C30H34N4S/c1-3-16-30(17-4-2)24-11-7-6-10-22(24)23-13-12-21(20-25(23)30)31-26-14-15-27(29-28(26)32-35-33-29)34-18-8-5-9-19-34/h6-7,10-15,20,31H,3-5,8-9,16-19H2,1-2H3. The fourth-order valence-corrected chi connectivity index (χ4v) is 7.12. The monoisotopic (exact) mass is 482 g/mol. The average molecular weight is 483 g/mol. The molecular formula is C30H34N4S. The number of hydrogen-bond donors (Lipinski definition) is 1. The zero-order valence-corrected chi connectivity index (χ0v) is 21.6. The highest BCUT2D eigenvalue weighted by atomic mass is 32.1. The summed E-state index contributed by atoms with van der Waals surface area (Å²) >= 11 is 1.31. The van der Waals surface area contributed by atoms with Gasteiger partial charge in [0.1, 0.15) is 11.0 Å². The van der Waals surface area contributed by atoms with Crippen LogP contribution in [0.25, 0.3) is 22.2 Å². The van der Waals surface area contributed by atoms with Crippen molar-refractivity contribution in [3.8, 4) is 11.1 Å². The minimum Gasteiger partial charge on any atom is -0.370 e. The van der Waals surface area contributed by atoms with Crippen molar-refractivity contribution in [2.24, 2.45) is 0 Å². The number of fused-ring (bicyclic) bond motifs is 4.